The number of nitrogens with one attached hydrogen (secondary N) is 1. The first-order valence-corrected chi connectivity index (χ1v) is 3.98. The zero-order chi connectivity index (χ0) is 9.14. The molecule has 0 atom stereocenters. The van der Waals surface area contributed by atoms with Gasteiger partial charge in [-0.2, -0.15) is 0 Å². The van der Waals surface area contributed by atoms with E-state index in [0.29, 0.717) is 5.56 Å². The minimum absolute atomic E-state index is 0.0198. The van der Waals surface area contributed by atoms with E-state index in [1.165, 1.54) is 18.5 Å². The van der Waals surface area contributed by atoms with E-state index in [0.717, 1.165) is 11.3 Å². The van der Waals surface area contributed by atoms with Crippen LogP contribution in [0.1, 0.15) is 10.4 Å². The Morgan fingerprint density at radius 1 is 1.75 bits per heavy atom. The van der Waals surface area contributed by atoms with Gasteiger partial charge in [0, 0.05) is 18.5 Å². The van der Waals surface area contributed by atoms with Gasteiger partial charge in [-0.25, -0.2) is 0 Å². The van der Waals surface area contributed by atoms with Crippen LogP contribution in [-0.4, -0.2) is 17.9 Å². The van der Waals surface area contributed by atoms with Gasteiger partial charge in [0.25, 0.3) is 5.91 Å². The van der Waals surface area contributed by atoms with Crippen molar-refractivity contribution < 1.29 is 9.72 Å². The summed E-state index contributed by atoms with van der Waals surface area (Å²) in [5, 5.41) is 14.0. The van der Waals surface area contributed by atoms with E-state index in [-0.39, 0.29) is 10.9 Å². The molecular formula is C6H6N2O3S. The molecule has 0 unspecified atom stereocenters. The fourth-order valence-corrected chi connectivity index (χ4v) is 1.39. The Bertz CT molecular complexity index is 320. The van der Waals surface area contributed by atoms with Crippen LogP contribution in [0.2, 0.25) is 0 Å². The molecule has 1 rings (SSSR count). The van der Waals surface area contributed by atoms with Gasteiger partial charge in [-0.05, 0) is 0 Å². The third-order valence-corrected chi connectivity index (χ3v) is 2.14. The van der Waals surface area contributed by atoms with Crippen molar-refractivity contribution in [3.63, 3.8) is 0 Å². The Morgan fingerprint density at radius 3 is 2.83 bits per heavy atom. The molecule has 1 aromatic rings. The first-order chi connectivity index (χ1) is 5.65. The second-order valence-electron chi connectivity index (χ2n) is 2.01. The van der Waals surface area contributed by atoms with Gasteiger partial charge >= 0.3 is 5.00 Å². The minimum Gasteiger partial charge on any atom is -0.355 e. The normalized spacial score (nSPS) is 9.42. The number of hydrogen-bond donors (Lipinski definition) is 1. The third kappa shape index (κ3) is 1.59. The second-order valence-corrected chi connectivity index (χ2v) is 2.90. The Hall–Kier alpha value is -1.43. The Labute approximate surface area is 72.2 Å². The standard InChI is InChI=1S/C6H6N2O3S/c1-7-6(9)4-2-5(8(10)11)12-3-4/h2-3H,1H3,(H,7,9). The van der Waals surface area contributed by atoms with Crippen LogP contribution in [0.25, 0.3) is 0 Å². The fourth-order valence-electron chi connectivity index (χ4n) is 0.684. The van der Waals surface area contributed by atoms with Gasteiger partial charge in [0.05, 0.1) is 10.5 Å². The van der Waals surface area contributed by atoms with Crippen LogP contribution in [0.3, 0.4) is 0 Å². The van der Waals surface area contributed by atoms with Crippen LogP contribution in [0.5, 0.6) is 0 Å². The van der Waals surface area contributed by atoms with Crippen molar-refractivity contribution in [1.82, 2.24) is 5.32 Å². The second kappa shape index (κ2) is 3.31. The summed E-state index contributed by atoms with van der Waals surface area (Å²) in [6.07, 6.45) is 0. The maximum absolute atomic E-state index is 10.9. The van der Waals surface area contributed by atoms with E-state index in [4.69, 9.17) is 0 Å². The lowest BCUT2D eigenvalue weighted by molar-refractivity contribution is -0.380. The number of carbonyl (C=O) groups excluding carboxylic acids is 1. The van der Waals surface area contributed by atoms with Gasteiger partial charge in [0.2, 0.25) is 0 Å². The van der Waals surface area contributed by atoms with Crippen molar-refractivity contribution in [3.05, 3.63) is 27.1 Å². The molecule has 1 aromatic heterocycles. The molecular weight excluding hydrogens is 180 g/mol. The number of nitrogens with zero attached hydrogens (tertiary/aromatic N) is 1. The minimum atomic E-state index is -0.517. The van der Waals surface area contributed by atoms with Crippen molar-refractivity contribution in [2.24, 2.45) is 0 Å². The number of carbonyl (C=O) groups is 1. The summed E-state index contributed by atoms with van der Waals surface area (Å²) >= 11 is 0.941. The van der Waals surface area contributed by atoms with Crippen LogP contribution >= 0.6 is 11.3 Å². The molecule has 0 bridgehead atoms. The lowest BCUT2D eigenvalue weighted by atomic mass is 10.3. The van der Waals surface area contributed by atoms with E-state index in [1.54, 1.807) is 0 Å². The number of nitro groups is 1. The van der Waals surface area contributed by atoms with Crippen LogP contribution in [0, 0.1) is 10.1 Å². The lowest BCUT2D eigenvalue weighted by Crippen LogP contribution is -2.16. The van der Waals surface area contributed by atoms with Gasteiger partial charge in [-0.1, -0.05) is 11.3 Å². The zero-order valence-electron chi connectivity index (χ0n) is 6.23. The molecule has 6 heteroatoms. The van der Waals surface area contributed by atoms with Gasteiger partial charge in [0.15, 0.2) is 0 Å². The van der Waals surface area contributed by atoms with E-state index in [1.807, 2.05) is 0 Å². The zero-order valence-corrected chi connectivity index (χ0v) is 7.05. The summed E-state index contributed by atoms with van der Waals surface area (Å²) < 4.78 is 0. The molecule has 5 nitrogen and oxygen atoms in total. The summed E-state index contributed by atoms with van der Waals surface area (Å²) in [6.45, 7) is 0. The Morgan fingerprint density at radius 2 is 2.42 bits per heavy atom. The summed E-state index contributed by atoms with van der Waals surface area (Å²) in [5.41, 5.74) is 0.328. The SMILES string of the molecule is CNC(=O)c1csc([N+](=O)[O-])c1. The molecule has 0 aromatic carbocycles. The monoisotopic (exact) mass is 186 g/mol. The highest BCUT2D eigenvalue weighted by Gasteiger charge is 2.13. The van der Waals surface area contributed by atoms with Crippen molar-refractivity contribution in [1.29, 1.82) is 0 Å². The van der Waals surface area contributed by atoms with E-state index < -0.39 is 4.92 Å². The predicted octanol–water partition coefficient (Wildman–Crippen LogP) is 1.02. The first-order valence-electron chi connectivity index (χ1n) is 3.10. The Balaban J connectivity index is 2.91. The molecule has 64 valence electrons. The molecule has 0 saturated carbocycles. The maximum atomic E-state index is 10.9. The summed E-state index contributed by atoms with van der Waals surface area (Å²) in [6, 6.07) is 1.25. The van der Waals surface area contributed by atoms with E-state index >= 15 is 0 Å². The maximum Gasteiger partial charge on any atom is 0.324 e. The smallest absolute Gasteiger partial charge is 0.324 e. The lowest BCUT2D eigenvalue weighted by Gasteiger charge is -1.90. The average molecular weight is 186 g/mol. The summed E-state index contributed by atoms with van der Waals surface area (Å²) in [4.78, 5) is 20.6. The number of thiophene rings is 1. The van der Waals surface area contributed by atoms with Crippen molar-refractivity contribution in [2.75, 3.05) is 7.05 Å². The molecule has 0 aliphatic heterocycles. The fraction of sp³-hybridized carbons (Fsp3) is 0.167. The average Bonchev–Trinajstić information content (AvgIpc) is 2.51. The van der Waals surface area contributed by atoms with E-state index in [2.05, 4.69) is 5.32 Å². The molecule has 1 amide bonds. The van der Waals surface area contributed by atoms with Gasteiger partial charge in [0.1, 0.15) is 0 Å². The van der Waals surface area contributed by atoms with Gasteiger partial charge < -0.3 is 5.32 Å². The topological polar surface area (TPSA) is 72.2 Å². The van der Waals surface area contributed by atoms with Gasteiger partial charge in [-0.15, -0.1) is 0 Å². The predicted molar refractivity (Wildman–Crippen MR) is 44.4 cm³/mol. The van der Waals surface area contributed by atoms with Crippen LogP contribution in [0.15, 0.2) is 11.4 Å². The quantitative estimate of drug-likeness (QED) is 0.553. The third-order valence-electron chi connectivity index (χ3n) is 1.25. The molecule has 0 saturated heterocycles. The number of hydrogen-bond acceptors (Lipinski definition) is 4. The van der Waals surface area contributed by atoms with Crippen molar-refractivity contribution >= 4 is 22.2 Å². The summed E-state index contributed by atoms with van der Waals surface area (Å²) in [7, 11) is 1.48. The molecule has 0 aliphatic rings. The largest absolute Gasteiger partial charge is 0.355 e. The van der Waals surface area contributed by atoms with Gasteiger partial charge in [-0.3, -0.25) is 14.9 Å². The van der Waals surface area contributed by atoms with Crippen LogP contribution in [0.4, 0.5) is 5.00 Å². The highest BCUT2D eigenvalue weighted by molar-refractivity contribution is 7.13. The molecule has 0 spiro atoms. The molecule has 1 heterocycles. The highest BCUT2D eigenvalue weighted by Crippen LogP contribution is 2.22. The van der Waals surface area contributed by atoms with Crippen molar-refractivity contribution in [3.8, 4) is 0 Å². The van der Waals surface area contributed by atoms with Crippen LogP contribution < -0.4 is 5.32 Å². The Kier molecular flexibility index (Phi) is 2.39. The molecule has 0 aliphatic carbocycles. The first kappa shape index (κ1) is 8.66. The number of amides is 1. The summed E-state index contributed by atoms with van der Waals surface area (Å²) in [5.74, 6) is -0.306. The van der Waals surface area contributed by atoms with Crippen molar-refractivity contribution in [2.45, 2.75) is 0 Å². The highest BCUT2D eigenvalue weighted by atomic mass is 32.1. The van der Waals surface area contributed by atoms with E-state index in [9.17, 15) is 14.9 Å². The molecule has 1 N–H and O–H groups in total. The molecule has 12 heavy (non-hydrogen) atoms. The number of rotatable bonds is 2. The molecule has 0 radical (unpaired) electrons. The van der Waals surface area contributed by atoms with Crippen LogP contribution in [-0.2, 0) is 0 Å². The molecule has 0 fully saturated rings.